The summed E-state index contributed by atoms with van der Waals surface area (Å²) in [5.41, 5.74) is 1.10. The van der Waals surface area contributed by atoms with Gasteiger partial charge in [-0.3, -0.25) is 9.59 Å². The van der Waals surface area contributed by atoms with E-state index in [2.05, 4.69) is 19.2 Å². The molecule has 2 fully saturated rings. The zero-order chi connectivity index (χ0) is 21.7. The van der Waals surface area contributed by atoms with Crippen molar-refractivity contribution in [3.63, 3.8) is 0 Å². The van der Waals surface area contributed by atoms with Crippen LogP contribution in [0.25, 0.3) is 0 Å². The van der Waals surface area contributed by atoms with Crippen LogP contribution in [0.2, 0.25) is 0 Å². The van der Waals surface area contributed by atoms with Crippen LogP contribution in [0.3, 0.4) is 0 Å². The molecule has 0 bridgehead atoms. The Bertz CT molecular complexity index is 838. The number of carbonyl (C=O) groups is 2. The lowest BCUT2D eigenvalue weighted by atomic mass is 9.89. The smallest absolute Gasteiger partial charge is 0.243 e. The van der Waals surface area contributed by atoms with Gasteiger partial charge in [0.2, 0.25) is 21.8 Å². The maximum absolute atomic E-state index is 12.9. The van der Waals surface area contributed by atoms with Crippen LogP contribution in [0.1, 0.15) is 57.4 Å². The van der Waals surface area contributed by atoms with Crippen LogP contribution in [0, 0.1) is 5.92 Å². The Labute approximate surface area is 179 Å². The van der Waals surface area contributed by atoms with Crippen LogP contribution in [-0.4, -0.2) is 62.2 Å². The second-order valence-corrected chi connectivity index (χ2v) is 10.5. The number of amides is 2. The van der Waals surface area contributed by atoms with E-state index in [1.165, 1.54) is 10.7 Å². The lowest BCUT2D eigenvalue weighted by Crippen LogP contribution is -2.52. The number of rotatable bonds is 6. The summed E-state index contributed by atoms with van der Waals surface area (Å²) in [7, 11) is -3.57. The third kappa shape index (κ3) is 5.40. The molecule has 1 saturated carbocycles. The Balaban J connectivity index is 1.49. The van der Waals surface area contributed by atoms with Gasteiger partial charge in [0.05, 0.1) is 11.4 Å². The highest BCUT2D eigenvalue weighted by atomic mass is 32.2. The second-order valence-electron chi connectivity index (χ2n) is 8.56. The number of nitrogens with zero attached hydrogens (tertiary/aromatic N) is 2. The predicted molar refractivity (Wildman–Crippen MR) is 115 cm³/mol. The van der Waals surface area contributed by atoms with E-state index in [9.17, 15) is 18.0 Å². The van der Waals surface area contributed by atoms with E-state index in [0.717, 1.165) is 31.2 Å². The van der Waals surface area contributed by atoms with Crippen molar-refractivity contribution in [1.29, 1.82) is 0 Å². The largest absolute Gasteiger partial charge is 0.347 e. The number of hydrogen-bond acceptors (Lipinski definition) is 4. The summed E-state index contributed by atoms with van der Waals surface area (Å²) < 4.78 is 27.2. The molecule has 8 heteroatoms. The number of carbonyl (C=O) groups excluding carboxylic acids is 2. The molecule has 0 unspecified atom stereocenters. The molecule has 0 radical (unpaired) electrons. The third-order valence-electron chi connectivity index (χ3n) is 6.17. The number of hydrogen-bond donors (Lipinski definition) is 1. The molecule has 7 nitrogen and oxygen atoms in total. The normalized spacial score (nSPS) is 19.1. The van der Waals surface area contributed by atoms with Gasteiger partial charge in [0.15, 0.2) is 0 Å². The fourth-order valence-corrected chi connectivity index (χ4v) is 5.56. The molecule has 1 heterocycles. The van der Waals surface area contributed by atoms with Gasteiger partial charge in [-0.1, -0.05) is 45.2 Å². The number of piperazine rings is 1. The maximum atomic E-state index is 12.9. The highest BCUT2D eigenvalue weighted by molar-refractivity contribution is 7.89. The van der Waals surface area contributed by atoms with Crippen LogP contribution in [0.4, 0.5) is 0 Å². The van der Waals surface area contributed by atoms with Gasteiger partial charge < -0.3 is 10.2 Å². The van der Waals surface area contributed by atoms with E-state index in [-0.39, 0.29) is 42.3 Å². The quantitative estimate of drug-likeness (QED) is 0.743. The summed E-state index contributed by atoms with van der Waals surface area (Å²) in [6.45, 7) is 5.31. The number of nitrogens with one attached hydrogen (secondary N) is 1. The predicted octanol–water partition coefficient (Wildman–Crippen LogP) is 2.34. The molecule has 1 saturated heterocycles. The first-order valence-electron chi connectivity index (χ1n) is 10.9. The van der Waals surface area contributed by atoms with Crippen LogP contribution >= 0.6 is 0 Å². The number of sulfonamides is 1. The minimum Gasteiger partial charge on any atom is -0.347 e. The van der Waals surface area contributed by atoms with Crippen molar-refractivity contribution in [2.24, 2.45) is 5.92 Å². The van der Waals surface area contributed by atoms with Gasteiger partial charge >= 0.3 is 0 Å². The zero-order valence-electron chi connectivity index (χ0n) is 18.0. The Hall–Kier alpha value is -1.93. The number of benzene rings is 1. The third-order valence-corrected chi connectivity index (χ3v) is 8.08. The van der Waals surface area contributed by atoms with Crippen molar-refractivity contribution in [2.75, 3.05) is 32.7 Å². The molecule has 1 aliphatic carbocycles. The zero-order valence-corrected chi connectivity index (χ0v) is 18.8. The molecule has 0 spiro atoms. The van der Waals surface area contributed by atoms with Crippen LogP contribution in [0.15, 0.2) is 29.2 Å². The van der Waals surface area contributed by atoms with Crippen molar-refractivity contribution in [3.8, 4) is 0 Å². The summed E-state index contributed by atoms with van der Waals surface area (Å²) in [6, 6.07) is 7.02. The Morgan fingerprint density at radius 3 is 2.17 bits per heavy atom. The standard InChI is InChI=1S/C22H33N3O4S/c1-17(2)18-8-10-20(11-9-18)30(28,29)25-14-12-24(13-15-25)21(26)16-23-22(27)19-6-4-3-5-7-19/h8-11,17,19H,3-7,12-16H2,1-2H3,(H,23,27). The van der Waals surface area contributed by atoms with E-state index < -0.39 is 10.0 Å². The van der Waals surface area contributed by atoms with Crippen LogP contribution in [0.5, 0.6) is 0 Å². The monoisotopic (exact) mass is 435 g/mol. The summed E-state index contributed by atoms with van der Waals surface area (Å²) in [4.78, 5) is 26.6. The first-order chi connectivity index (χ1) is 14.3. The fraction of sp³-hybridized carbons (Fsp3) is 0.636. The molecule has 0 atom stereocenters. The van der Waals surface area contributed by atoms with Gasteiger partial charge in [-0.2, -0.15) is 4.31 Å². The van der Waals surface area contributed by atoms with Crippen molar-refractivity contribution >= 4 is 21.8 Å². The lowest BCUT2D eigenvalue weighted by molar-refractivity contribution is -0.135. The Kier molecular flexibility index (Phi) is 7.52. The minimum absolute atomic E-state index is 0.0151. The Morgan fingerprint density at radius 2 is 1.60 bits per heavy atom. The van der Waals surface area contributed by atoms with Gasteiger partial charge in [0.25, 0.3) is 0 Å². The minimum atomic E-state index is -3.57. The molecule has 1 aliphatic heterocycles. The van der Waals surface area contributed by atoms with Crippen molar-refractivity contribution in [1.82, 2.24) is 14.5 Å². The summed E-state index contributed by atoms with van der Waals surface area (Å²) in [5, 5.41) is 2.77. The first-order valence-corrected chi connectivity index (χ1v) is 12.4. The molecule has 0 aromatic heterocycles. The van der Waals surface area contributed by atoms with Gasteiger partial charge in [0, 0.05) is 32.1 Å². The second kappa shape index (κ2) is 9.92. The average molecular weight is 436 g/mol. The van der Waals surface area contributed by atoms with Crippen molar-refractivity contribution in [3.05, 3.63) is 29.8 Å². The fourth-order valence-electron chi connectivity index (χ4n) is 4.14. The molecule has 3 rings (SSSR count). The van der Waals surface area contributed by atoms with E-state index in [0.29, 0.717) is 19.0 Å². The van der Waals surface area contributed by atoms with Crippen molar-refractivity contribution < 1.29 is 18.0 Å². The van der Waals surface area contributed by atoms with E-state index in [4.69, 9.17) is 0 Å². The van der Waals surface area contributed by atoms with Crippen molar-refractivity contribution in [2.45, 2.75) is 56.8 Å². The molecule has 1 aromatic carbocycles. The SMILES string of the molecule is CC(C)c1ccc(S(=O)(=O)N2CCN(C(=O)CNC(=O)C3CCCCC3)CC2)cc1. The van der Waals surface area contributed by atoms with Gasteiger partial charge in [0.1, 0.15) is 0 Å². The molecule has 2 aliphatic rings. The van der Waals surface area contributed by atoms with E-state index in [1.807, 2.05) is 12.1 Å². The molecular formula is C22H33N3O4S. The summed E-state index contributed by atoms with van der Waals surface area (Å²) in [6.07, 6.45) is 5.12. The molecule has 1 N–H and O–H groups in total. The van der Waals surface area contributed by atoms with Gasteiger partial charge in [-0.15, -0.1) is 0 Å². The molecule has 1 aromatic rings. The summed E-state index contributed by atoms with van der Waals surface area (Å²) >= 11 is 0. The van der Waals surface area contributed by atoms with E-state index in [1.54, 1.807) is 17.0 Å². The highest BCUT2D eigenvalue weighted by Crippen LogP contribution is 2.24. The van der Waals surface area contributed by atoms with E-state index >= 15 is 0 Å². The molecule has 2 amide bonds. The molecular weight excluding hydrogens is 402 g/mol. The Morgan fingerprint density at radius 1 is 1.00 bits per heavy atom. The van der Waals surface area contributed by atoms with Crippen LogP contribution in [-0.2, 0) is 19.6 Å². The average Bonchev–Trinajstić information content (AvgIpc) is 2.78. The van der Waals surface area contributed by atoms with Crippen LogP contribution < -0.4 is 5.32 Å². The highest BCUT2D eigenvalue weighted by Gasteiger charge is 2.30. The lowest BCUT2D eigenvalue weighted by Gasteiger charge is -2.34. The first kappa shape index (κ1) is 22.7. The summed E-state index contributed by atoms with van der Waals surface area (Å²) in [5.74, 6) is 0.178. The molecule has 30 heavy (non-hydrogen) atoms. The van der Waals surface area contributed by atoms with Gasteiger partial charge in [-0.05, 0) is 36.5 Å². The topological polar surface area (TPSA) is 86.8 Å². The molecule has 166 valence electrons. The van der Waals surface area contributed by atoms with Gasteiger partial charge in [-0.25, -0.2) is 8.42 Å². The maximum Gasteiger partial charge on any atom is 0.243 e.